The first-order valence-electron chi connectivity index (χ1n) is 5.25. The fraction of sp³-hybridized carbons (Fsp3) is 0.500. The number of nitrogens with two attached hydrogens (primary N) is 1. The highest BCUT2D eigenvalue weighted by Crippen LogP contribution is 2.31. The molecule has 0 fully saturated rings. The van der Waals surface area contributed by atoms with Crippen molar-refractivity contribution in [1.29, 1.82) is 0 Å². The van der Waals surface area contributed by atoms with Crippen LogP contribution in [-0.4, -0.2) is 18.8 Å². The zero-order valence-corrected chi connectivity index (χ0v) is 9.84. The number of benzene rings is 1. The first-order chi connectivity index (χ1) is 7.76. The molecular weight excluding hydrogens is 231 g/mol. The van der Waals surface area contributed by atoms with Gasteiger partial charge in [-0.25, -0.2) is 0 Å². The topological polar surface area (TPSA) is 35.2 Å². The van der Waals surface area contributed by atoms with Crippen molar-refractivity contribution in [3.05, 3.63) is 29.8 Å². The fourth-order valence-electron chi connectivity index (χ4n) is 1.37. The standard InChI is InChI=1S/C12H16F3NO/c1-11(16,12(13,14)15)7-6-9-4-3-5-10(8-9)17-2/h3-5,8H,6-7,16H2,1-2H3. The van der Waals surface area contributed by atoms with Crippen LogP contribution in [0, 0.1) is 0 Å². The van der Waals surface area contributed by atoms with Crippen molar-refractivity contribution in [1.82, 2.24) is 0 Å². The smallest absolute Gasteiger partial charge is 0.406 e. The van der Waals surface area contributed by atoms with Crippen molar-refractivity contribution in [2.75, 3.05) is 7.11 Å². The molecule has 1 atom stereocenters. The highest BCUT2D eigenvalue weighted by Gasteiger charge is 2.47. The van der Waals surface area contributed by atoms with Gasteiger partial charge in [0.2, 0.25) is 0 Å². The molecule has 0 aromatic heterocycles. The summed E-state index contributed by atoms with van der Waals surface area (Å²) in [5.41, 5.74) is 3.88. The number of hydrogen-bond donors (Lipinski definition) is 1. The molecular formula is C12H16F3NO. The van der Waals surface area contributed by atoms with Gasteiger partial charge in [0.05, 0.1) is 7.11 Å². The lowest BCUT2D eigenvalue weighted by Gasteiger charge is -2.27. The lowest BCUT2D eigenvalue weighted by Crippen LogP contribution is -2.50. The average Bonchev–Trinajstić information content (AvgIpc) is 2.25. The summed E-state index contributed by atoms with van der Waals surface area (Å²) in [6, 6.07) is 6.96. The summed E-state index contributed by atoms with van der Waals surface area (Å²) in [5.74, 6) is 0.633. The monoisotopic (exact) mass is 247 g/mol. The Morgan fingerprint density at radius 3 is 2.47 bits per heavy atom. The van der Waals surface area contributed by atoms with E-state index in [1.165, 1.54) is 7.11 Å². The largest absolute Gasteiger partial charge is 0.497 e. The Morgan fingerprint density at radius 1 is 1.29 bits per heavy atom. The number of rotatable bonds is 4. The Labute approximate surface area is 98.6 Å². The quantitative estimate of drug-likeness (QED) is 0.887. The van der Waals surface area contributed by atoms with Gasteiger partial charge in [-0.1, -0.05) is 12.1 Å². The Bertz CT molecular complexity index is 374. The molecule has 0 aliphatic heterocycles. The molecule has 2 nitrogen and oxygen atoms in total. The summed E-state index contributed by atoms with van der Waals surface area (Å²) < 4.78 is 42.6. The molecule has 0 bridgehead atoms. The Kier molecular flexibility index (Phi) is 4.03. The Balaban J connectivity index is 2.67. The van der Waals surface area contributed by atoms with Gasteiger partial charge in [-0.15, -0.1) is 0 Å². The molecule has 2 N–H and O–H groups in total. The summed E-state index contributed by atoms with van der Waals surface area (Å²) in [6.07, 6.45) is -4.26. The number of methoxy groups -OCH3 is 1. The van der Waals surface area contributed by atoms with Crippen LogP contribution in [-0.2, 0) is 6.42 Å². The normalized spacial score (nSPS) is 15.4. The number of aryl methyl sites for hydroxylation is 1. The van der Waals surface area contributed by atoms with Crippen molar-refractivity contribution in [2.24, 2.45) is 5.73 Å². The predicted molar refractivity (Wildman–Crippen MR) is 60.0 cm³/mol. The van der Waals surface area contributed by atoms with Crippen LogP contribution in [0.3, 0.4) is 0 Å². The predicted octanol–water partition coefficient (Wildman–Crippen LogP) is 2.91. The molecule has 0 spiro atoms. The van der Waals surface area contributed by atoms with Crippen molar-refractivity contribution in [3.8, 4) is 5.75 Å². The highest BCUT2D eigenvalue weighted by molar-refractivity contribution is 5.28. The van der Waals surface area contributed by atoms with E-state index in [9.17, 15) is 13.2 Å². The van der Waals surface area contributed by atoms with Crippen LogP contribution in [0.1, 0.15) is 18.9 Å². The van der Waals surface area contributed by atoms with Gasteiger partial charge in [-0.2, -0.15) is 13.2 Å². The van der Waals surface area contributed by atoms with Crippen LogP contribution >= 0.6 is 0 Å². The van der Waals surface area contributed by atoms with E-state index in [1.807, 2.05) is 0 Å². The molecule has 1 aromatic rings. The summed E-state index contributed by atoms with van der Waals surface area (Å²) in [5, 5.41) is 0. The molecule has 0 heterocycles. The second-order valence-electron chi connectivity index (χ2n) is 4.27. The number of alkyl halides is 3. The maximum atomic E-state index is 12.5. The summed E-state index contributed by atoms with van der Waals surface area (Å²) >= 11 is 0. The molecule has 0 aliphatic carbocycles. The highest BCUT2D eigenvalue weighted by atomic mass is 19.4. The van der Waals surface area contributed by atoms with Crippen LogP contribution in [0.4, 0.5) is 13.2 Å². The van der Waals surface area contributed by atoms with E-state index in [0.29, 0.717) is 5.75 Å². The van der Waals surface area contributed by atoms with Crippen molar-refractivity contribution in [2.45, 2.75) is 31.5 Å². The van der Waals surface area contributed by atoms with Crippen molar-refractivity contribution < 1.29 is 17.9 Å². The molecule has 0 saturated heterocycles. The van der Waals surface area contributed by atoms with E-state index < -0.39 is 11.7 Å². The minimum absolute atomic E-state index is 0.149. The minimum atomic E-state index is -4.38. The van der Waals surface area contributed by atoms with E-state index in [1.54, 1.807) is 24.3 Å². The molecule has 0 aliphatic rings. The van der Waals surface area contributed by atoms with Gasteiger partial charge in [0.15, 0.2) is 0 Å². The Morgan fingerprint density at radius 2 is 1.94 bits per heavy atom. The van der Waals surface area contributed by atoms with Gasteiger partial charge in [0.25, 0.3) is 0 Å². The van der Waals surface area contributed by atoms with Gasteiger partial charge >= 0.3 is 6.18 Å². The molecule has 5 heteroatoms. The maximum Gasteiger partial charge on any atom is 0.406 e. The SMILES string of the molecule is COc1cccc(CCC(C)(N)C(F)(F)F)c1. The van der Waals surface area contributed by atoms with Gasteiger partial charge < -0.3 is 10.5 Å². The molecule has 0 saturated carbocycles. The first-order valence-corrected chi connectivity index (χ1v) is 5.25. The number of hydrogen-bond acceptors (Lipinski definition) is 2. The fourth-order valence-corrected chi connectivity index (χ4v) is 1.37. The minimum Gasteiger partial charge on any atom is -0.497 e. The molecule has 96 valence electrons. The zero-order chi connectivity index (χ0) is 13.1. The molecule has 0 amide bonds. The van der Waals surface area contributed by atoms with Gasteiger partial charge in [-0.05, 0) is 37.5 Å². The second-order valence-corrected chi connectivity index (χ2v) is 4.27. The lowest BCUT2D eigenvalue weighted by atomic mass is 9.94. The summed E-state index contributed by atoms with van der Waals surface area (Å²) in [4.78, 5) is 0. The van der Waals surface area contributed by atoms with Crippen LogP contribution < -0.4 is 10.5 Å². The van der Waals surface area contributed by atoms with Crippen molar-refractivity contribution >= 4 is 0 Å². The van der Waals surface area contributed by atoms with E-state index in [2.05, 4.69) is 0 Å². The van der Waals surface area contributed by atoms with Crippen LogP contribution in [0.2, 0.25) is 0 Å². The van der Waals surface area contributed by atoms with E-state index in [-0.39, 0.29) is 12.8 Å². The number of halogens is 3. The van der Waals surface area contributed by atoms with Crippen LogP contribution in [0.15, 0.2) is 24.3 Å². The molecule has 1 rings (SSSR count). The second kappa shape index (κ2) is 4.96. The molecule has 1 unspecified atom stereocenters. The lowest BCUT2D eigenvalue weighted by molar-refractivity contribution is -0.182. The van der Waals surface area contributed by atoms with Crippen LogP contribution in [0.25, 0.3) is 0 Å². The van der Waals surface area contributed by atoms with E-state index in [0.717, 1.165) is 12.5 Å². The van der Waals surface area contributed by atoms with Gasteiger partial charge in [-0.3, -0.25) is 0 Å². The molecule has 0 radical (unpaired) electrons. The first kappa shape index (κ1) is 13.8. The van der Waals surface area contributed by atoms with Gasteiger partial charge in [0, 0.05) is 0 Å². The third kappa shape index (κ3) is 3.63. The average molecular weight is 247 g/mol. The summed E-state index contributed by atoms with van der Waals surface area (Å²) in [6.45, 7) is 1.01. The zero-order valence-electron chi connectivity index (χ0n) is 9.84. The van der Waals surface area contributed by atoms with Crippen LogP contribution in [0.5, 0.6) is 5.75 Å². The third-order valence-corrected chi connectivity index (χ3v) is 2.71. The molecule has 17 heavy (non-hydrogen) atoms. The summed E-state index contributed by atoms with van der Waals surface area (Å²) in [7, 11) is 1.52. The van der Waals surface area contributed by atoms with E-state index >= 15 is 0 Å². The van der Waals surface area contributed by atoms with E-state index in [4.69, 9.17) is 10.5 Å². The van der Waals surface area contributed by atoms with Crippen molar-refractivity contribution in [3.63, 3.8) is 0 Å². The molecule has 1 aromatic carbocycles. The van der Waals surface area contributed by atoms with Gasteiger partial charge in [0.1, 0.15) is 11.3 Å². The Hall–Kier alpha value is -1.23. The maximum absolute atomic E-state index is 12.5. The third-order valence-electron chi connectivity index (χ3n) is 2.71. The number of ether oxygens (including phenoxy) is 1.